The number of thiocarbonyl (C=S) groups is 1. The van der Waals surface area contributed by atoms with Crippen molar-refractivity contribution in [1.29, 1.82) is 0 Å². The molecule has 9 nitrogen and oxygen atoms in total. The predicted octanol–water partition coefficient (Wildman–Crippen LogP) is 4.27. The highest BCUT2D eigenvalue weighted by molar-refractivity contribution is 8.27. The van der Waals surface area contributed by atoms with Crippen molar-refractivity contribution in [2.75, 3.05) is 16.8 Å². The van der Waals surface area contributed by atoms with Gasteiger partial charge in [-0.1, -0.05) is 62.1 Å². The second-order valence-corrected chi connectivity index (χ2v) is 11.5. The Morgan fingerprint density at radius 2 is 1.77 bits per heavy atom. The molecule has 0 saturated carbocycles. The van der Waals surface area contributed by atoms with Gasteiger partial charge in [-0.25, -0.2) is 9.67 Å². The molecule has 4 heterocycles. The van der Waals surface area contributed by atoms with Crippen LogP contribution in [-0.4, -0.2) is 35.5 Å². The van der Waals surface area contributed by atoms with Crippen molar-refractivity contribution in [2.45, 2.75) is 27.7 Å². The Hall–Kier alpha value is -3.96. The maximum Gasteiger partial charge on any atom is 0.296 e. The minimum absolute atomic E-state index is 0.189. The Morgan fingerprint density at radius 3 is 2.46 bits per heavy atom. The van der Waals surface area contributed by atoms with Crippen LogP contribution in [0, 0.1) is 19.8 Å². The first kappa shape index (κ1) is 26.6. The molecule has 11 heteroatoms. The Balaban J connectivity index is 1.62. The molecular formula is C28H28N6O3S2. The molecule has 0 bridgehead atoms. The predicted molar refractivity (Wildman–Crippen MR) is 161 cm³/mol. The first-order valence-corrected chi connectivity index (χ1v) is 13.7. The van der Waals surface area contributed by atoms with Gasteiger partial charge >= 0.3 is 0 Å². The minimum atomic E-state index is -0.459. The summed E-state index contributed by atoms with van der Waals surface area (Å²) in [5.41, 5.74) is 2.45. The van der Waals surface area contributed by atoms with Crippen molar-refractivity contribution in [3.8, 4) is 5.69 Å². The first-order valence-electron chi connectivity index (χ1n) is 12.5. The SMILES string of the molecule is Cc1ccc2nc(NCC(C)C)c(C=C3SC(=S)N(c4c(C)n(C)n(-c5ccccc5)c4=O)C3=O)c(=O)n2c1. The van der Waals surface area contributed by atoms with Crippen molar-refractivity contribution >= 4 is 57.4 Å². The maximum atomic E-state index is 13.7. The molecule has 39 heavy (non-hydrogen) atoms. The summed E-state index contributed by atoms with van der Waals surface area (Å²) in [5.74, 6) is 0.242. The quantitative estimate of drug-likeness (QED) is 0.278. The number of amides is 1. The van der Waals surface area contributed by atoms with Crippen molar-refractivity contribution in [2.24, 2.45) is 13.0 Å². The highest BCUT2D eigenvalue weighted by atomic mass is 32.2. The summed E-state index contributed by atoms with van der Waals surface area (Å²) >= 11 is 6.64. The number of hydrogen-bond acceptors (Lipinski definition) is 7. The number of nitrogens with zero attached hydrogens (tertiary/aromatic N) is 5. The molecule has 1 aliphatic heterocycles. The van der Waals surface area contributed by atoms with Crippen LogP contribution in [0.25, 0.3) is 17.4 Å². The fraction of sp³-hybridized carbons (Fsp3) is 0.250. The van der Waals surface area contributed by atoms with Crippen LogP contribution in [0.5, 0.6) is 0 Å². The third-order valence-corrected chi connectivity index (χ3v) is 7.80. The molecule has 1 fully saturated rings. The van der Waals surface area contributed by atoms with Crippen molar-refractivity contribution in [1.82, 2.24) is 18.7 Å². The summed E-state index contributed by atoms with van der Waals surface area (Å²) in [5, 5.41) is 3.26. The van der Waals surface area contributed by atoms with E-state index in [1.54, 1.807) is 30.9 Å². The molecule has 5 rings (SSSR count). The van der Waals surface area contributed by atoms with Crippen LogP contribution in [-0.2, 0) is 11.8 Å². The first-order chi connectivity index (χ1) is 18.6. The van der Waals surface area contributed by atoms with E-state index in [2.05, 4.69) is 24.1 Å². The number of carbonyl (C=O) groups excluding carboxylic acids is 1. The van der Waals surface area contributed by atoms with Crippen molar-refractivity contribution in [3.05, 3.63) is 91.1 Å². The lowest BCUT2D eigenvalue weighted by Crippen LogP contribution is -2.33. The Bertz CT molecular complexity index is 1780. The van der Waals surface area contributed by atoms with Crippen LogP contribution < -0.4 is 21.3 Å². The second-order valence-electron chi connectivity index (χ2n) is 9.82. The van der Waals surface area contributed by atoms with E-state index in [0.29, 0.717) is 35.3 Å². The number of thioether (sulfide) groups is 1. The van der Waals surface area contributed by atoms with E-state index in [1.807, 2.05) is 43.3 Å². The summed E-state index contributed by atoms with van der Waals surface area (Å²) in [7, 11) is 1.76. The summed E-state index contributed by atoms with van der Waals surface area (Å²) in [4.78, 5) is 47.1. The molecule has 0 spiro atoms. The van der Waals surface area contributed by atoms with E-state index in [4.69, 9.17) is 12.2 Å². The smallest absolute Gasteiger partial charge is 0.296 e. The van der Waals surface area contributed by atoms with E-state index in [1.165, 1.54) is 20.1 Å². The molecule has 0 unspecified atom stereocenters. The van der Waals surface area contributed by atoms with E-state index in [9.17, 15) is 14.4 Å². The van der Waals surface area contributed by atoms with Crippen LogP contribution in [0.4, 0.5) is 11.5 Å². The summed E-state index contributed by atoms with van der Waals surface area (Å²) < 4.78 is 4.90. The van der Waals surface area contributed by atoms with E-state index in [0.717, 1.165) is 17.3 Å². The molecule has 0 radical (unpaired) electrons. The standard InChI is InChI=1S/C28H28N6O3S2/c1-16(2)14-29-24-20(25(35)32-15-17(3)11-12-22(32)30-24)13-21-26(36)33(28(38)39-21)23-18(4)31(5)34(27(23)37)19-9-7-6-8-10-19/h6-13,15-16,29H,14H2,1-5H3. The number of hydrogen-bond donors (Lipinski definition) is 1. The number of rotatable bonds is 6. The summed E-state index contributed by atoms with van der Waals surface area (Å²) in [6, 6.07) is 12.9. The van der Waals surface area contributed by atoms with Crippen molar-refractivity contribution < 1.29 is 4.79 Å². The molecule has 200 valence electrons. The molecule has 1 amide bonds. The van der Waals surface area contributed by atoms with E-state index >= 15 is 0 Å². The average molecular weight is 561 g/mol. The normalized spacial score (nSPS) is 14.8. The molecule has 3 aromatic heterocycles. The topological polar surface area (TPSA) is 93.6 Å². The molecule has 4 aromatic rings. The zero-order chi connectivity index (χ0) is 28.0. The molecule has 1 N–H and O–H groups in total. The lowest BCUT2D eigenvalue weighted by atomic mass is 10.2. The third-order valence-electron chi connectivity index (χ3n) is 6.50. The van der Waals surface area contributed by atoms with Gasteiger partial charge in [0, 0.05) is 19.8 Å². The van der Waals surface area contributed by atoms with E-state index < -0.39 is 5.91 Å². The van der Waals surface area contributed by atoms with Gasteiger partial charge in [0.2, 0.25) is 0 Å². The monoisotopic (exact) mass is 560 g/mol. The van der Waals surface area contributed by atoms with Crippen LogP contribution in [0.2, 0.25) is 0 Å². The number of anilines is 2. The second kappa shape index (κ2) is 10.3. The number of pyridine rings is 1. The van der Waals surface area contributed by atoms with Gasteiger partial charge in [-0.05, 0) is 49.6 Å². The fourth-order valence-electron chi connectivity index (χ4n) is 4.43. The van der Waals surface area contributed by atoms with Gasteiger partial charge in [0.15, 0.2) is 4.32 Å². The molecule has 0 atom stereocenters. The number of aromatic nitrogens is 4. The van der Waals surface area contributed by atoms with Gasteiger partial charge in [-0.15, -0.1) is 0 Å². The molecular weight excluding hydrogens is 532 g/mol. The Morgan fingerprint density at radius 1 is 1.05 bits per heavy atom. The van der Waals surface area contributed by atoms with Crippen LogP contribution >= 0.6 is 24.0 Å². The lowest BCUT2D eigenvalue weighted by molar-refractivity contribution is -0.113. The van der Waals surface area contributed by atoms with Gasteiger partial charge in [0.25, 0.3) is 17.0 Å². The number of para-hydroxylation sites is 1. The van der Waals surface area contributed by atoms with Crippen molar-refractivity contribution in [3.63, 3.8) is 0 Å². The van der Waals surface area contributed by atoms with Gasteiger partial charge in [-0.3, -0.25) is 28.4 Å². The molecule has 1 aromatic carbocycles. The number of aryl methyl sites for hydroxylation is 1. The Labute approximate surface area is 234 Å². The van der Waals surface area contributed by atoms with Crippen LogP contribution in [0.15, 0.2) is 63.2 Å². The minimum Gasteiger partial charge on any atom is -0.369 e. The van der Waals surface area contributed by atoms with Crippen LogP contribution in [0.1, 0.15) is 30.7 Å². The maximum absolute atomic E-state index is 13.7. The van der Waals surface area contributed by atoms with Gasteiger partial charge in [0.1, 0.15) is 17.2 Å². The number of nitrogens with one attached hydrogen (secondary N) is 1. The van der Waals surface area contributed by atoms with E-state index in [-0.39, 0.29) is 31.6 Å². The third kappa shape index (κ3) is 4.72. The number of benzene rings is 1. The number of carbonyl (C=O) groups is 1. The largest absolute Gasteiger partial charge is 0.369 e. The van der Waals surface area contributed by atoms with Crippen LogP contribution in [0.3, 0.4) is 0 Å². The molecule has 1 aliphatic rings. The summed E-state index contributed by atoms with van der Waals surface area (Å²) in [6.07, 6.45) is 3.25. The van der Waals surface area contributed by atoms with Gasteiger partial charge < -0.3 is 5.32 Å². The molecule has 0 aliphatic carbocycles. The highest BCUT2D eigenvalue weighted by Gasteiger charge is 2.38. The molecule has 1 saturated heterocycles. The zero-order valence-electron chi connectivity index (χ0n) is 22.3. The lowest BCUT2D eigenvalue weighted by Gasteiger charge is -2.13. The highest BCUT2D eigenvalue weighted by Crippen LogP contribution is 2.36. The summed E-state index contributed by atoms with van der Waals surface area (Å²) in [6.45, 7) is 8.37. The van der Waals surface area contributed by atoms with Gasteiger partial charge in [0.05, 0.1) is 21.8 Å². The fourth-order valence-corrected chi connectivity index (χ4v) is 5.68. The zero-order valence-corrected chi connectivity index (χ0v) is 23.9. The average Bonchev–Trinajstić information content (AvgIpc) is 3.30. The number of fused-ring (bicyclic) bond motifs is 1. The Kier molecular flexibility index (Phi) is 7.04. The van der Waals surface area contributed by atoms with Gasteiger partial charge in [-0.2, -0.15) is 0 Å².